The second-order valence-electron chi connectivity index (χ2n) is 7.50. The van der Waals surface area contributed by atoms with Crippen molar-refractivity contribution in [1.82, 2.24) is 9.55 Å². The maximum Gasteiger partial charge on any atom is 0.230 e. The molecular formula is C25H19FN4O2. The number of rotatable bonds is 4. The van der Waals surface area contributed by atoms with Crippen LogP contribution < -0.4 is 5.32 Å². The summed E-state index contributed by atoms with van der Waals surface area (Å²) in [5.74, 6) is -0.521. The number of carbonyl (C=O) groups excluding carboxylic acids is 1. The molecular weight excluding hydrogens is 407 g/mol. The Labute approximate surface area is 183 Å². The molecule has 0 radical (unpaired) electrons. The highest BCUT2D eigenvalue weighted by Crippen LogP contribution is 2.37. The predicted molar refractivity (Wildman–Crippen MR) is 121 cm³/mol. The van der Waals surface area contributed by atoms with Crippen LogP contribution in [0.25, 0.3) is 16.8 Å². The summed E-state index contributed by atoms with van der Waals surface area (Å²) in [6, 6.07) is 17.3. The van der Waals surface area contributed by atoms with Crippen LogP contribution in [0.4, 0.5) is 15.8 Å². The minimum Gasteiger partial charge on any atom is -0.392 e. The smallest absolute Gasteiger partial charge is 0.230 e. The number of aromatic nitrogens is 2. The van der Waals surface area contributed by atoms with Gasteiger partial charge in [0.25, 0.3) is 0 Å². The molecule has 2 heterocycles. The van der Waals surface area contributed by atoms with Crippen molar-refractivity contribution < 1.29 is 14.3 Å². The van der Waals surface area contributed by atoms with Crippen molar-refractivity contribution in [3.63, 3.8) is 0 Å². The Balaban J connectivity index is 1.60. The van der Waals surface area contributed by atoms with Crippen LogP contribution in [-0.2, 0) is 11.4 Å². The van der Waals surface area contributed by atoms with E-state index in [1.807, 2.05) is 35.0 Å². The van der Waals surface area contributed by atoms with E-state index in [4.69, 9.17) is 4.99 Å². The first-order chi connectivity index (χ1) is 15.6. The summed E-state index contributed by atoms with van der Waals surface area (Å²) in [7, 11) is 0. The van der Waals surface area contributed by atoms with E-state index >= 15 is 0 Å². The van der Waals surface area contributed by atoms with E-state index in [1.165, 1.54) is 12.1 Å². The molecule has 0 atom stereocenters. The zero-order chi connectivity index (χ0) is 22.1. The number of aliphatic hydroxyl groups is 1. The van der Waals surface area contributed by atoms with Crippen LogP contribution in [0.5, 0.6) is 0 Å². The van der Waals surface area contributed by atoms with E-state index in [1.54, 1.807) is 36.8 Å². The SMILES string of the molecule is O=C1CC(c2cccc(-n3ccnc3)c2)=Nc2cc(CO)c(-c3ccc(F)cc3)cc2N1. The molecule has 2 N–H and O–H groups in total. The fraction of sp³-hybridized carbons (Fsp3) is 0.0800. The van der Waals surface area contributed by atoms with Gasteiger partial charge < -0.3 is 15.0 Å². The molecule has 6 nitrogen and oxygen atoms in total. The summed E-state index contributed by atoms with van der Waals surface area (Å²) >= 11 is 0. The summed E-state index contributed by atoms with van der Waals surface area (Å²) in [5, 5.41) is 12.9. The van der Waals surface area contributed by atoms with Crippen LogP contribution in [0.2, 0.25) is 0 Å². The molecule has 0 saturated heterocycles. The first-order valence-electron chi connectivity index (χ1n) is 10.1. The largest absolute Gasteiger partial charge is 0.392 e. The van der Waals surface area contributed by atoms with E-state index in [0.29, 0.717) is 28.2 Å². The van der Waals surface area contributed by atoms with Crippen molar-refractivity contribution >= 4 is 23.0 Å². The normalized spacial score (nSPS) is 13.2. The summed E-state index contributed by atoms with van der Waals surface area (Å²) in [6.07, 6.45) is 5.37. The Hall–Kier alpha value is -4.10. The van der Waals surface area contributed by atoms with Gasteiger partial charge in [-0.15, -0.1) is 0 Å². The molecule has 0 fully saturated rings. The van der Waals surface area contributed by atoms with Gasteiger partial charge >= 0.3 is 0 Å². The lowest BCUT2D eigenvalue weighted by molar-refractivity contribution is -0.115. The molecule has 0 aliphatic carbocycles. The molecule has 32 heavy (non-hydrogen) atoms. The lowest BCUT2D eigenvalue weighted by Gasteiger charge is -2.13. The maximum absolute atomic E-state index is 13.4. The number of aliphatic hydroxyl groups excluding tert-OH is 1. The molecule has 5 rings (SSSR count). The molecule has 1 amide bonds. The minimum atomic E-state index is -0.338. The number of carbonyl (C=O) groups is 1. The van der Waals surface area contributed by atoms with E-state index in [0.717, 1.165) is 16.8 Å². The summed E-state index contributed by atoms with van der Waals surface area (Å²) in [5.41, 5.74) is 5.58. The molecule has 1 aromatic heterocycles. The van der Waals surface area contributed by atoms with Gasteiger partial charge in [-0.1, -0.05) is 24.3 Å². The molecule has 0 bridgehead atoms. The highest BCUT2D eigenvalue weighted by atomic mass is 19.1. The van der Waals surface area contributed by atoms with Gasteiger partial charge in [-0.25, -0.2) is 9.37 Å². The summed E-state index contributed by atoms with van der Waals surface area (Å²) in [4.78, 5) is 21.5. The lowest BCUT2D eigenvalue weighted by atomic mass is 9.98. The Kier molecular flexibility index (Phi) is 5.09. The topological polar surface area (TPSA) is 79.5 Å². The second-order valence-corrected chi connectivity index (χ2v) is 7.50. The van der Waals surface area contributed by atoms with Crippen LogP contribution in [-0.4, -0.2) is 26.3 Å². The molecule has 0 spiro atoms. The highest BCUT2D eigenvalue weighted by molar-refractivity contribution is 6.17. The van der Waals surface area contributed by atoms with E-state index in [2.05, 4.69) is 10.3 Å². The van der Waals surface area contributed by atoms with Gasteiger partial charge in [0.15, 0.2) is 0 Å². The third-order valence-electron chi connectivity index (χ3n) is 5.39. The van der Waals surface area contributed by atoms with Crippen molar-refractivity contribution in [2.45, 2.75) is 13.0 Å². The number of imidazole rings is 1. The number of amides is 1. The zero-order valence-corrected chi connectivity index (χ0v) is 17.0. The first kappa shape index (κ1) is 19.8. The van der Waals surface area contributed by atoms with Crippen molar-refractivity contribution in [1.29, 1.82) is 0 Å². The lowest BCUT2D eigenvalue weighted by Crippen LogP contribution is -2.15. The number of hydrogen-bond donors (Lipinski definition) is 2. The van der Waals surface area contributed by atoms with Gasteiger partial charge in [-0.05, 0) is 58.7 Å². The summed E-state index contributed by atoms with van der Waals surface area (Å²) < 4.78 is 15.2. The number of hydrogen-bond acceptors (Lipinski definition) is 4. The Morgan fingerprint density at radius 3 is 2.66 bits per heavy atom. The van der Waals surface area contributed by atoms with Crippen LogP contribution in [0, 0.1) is 5.82 Å². The van der Waals surface area contributed by atoms with E-state index < -0.39 is 0 Å². The van der Waals surface area contributed by atoms with Crippen LogP contribution in [0.1, 0.15) is 17.5 Å². The van der Waals surface area contributed by atoms with Gasteiger partial charge in [0.1, 0.15) is 5.82 Å². The number of aliphatic imine (C=N–C) groups is 1. The number of fused-ring (bicyclic) bond motifs is 1. The molecule has 7 heteroatoms. The van der Waals surface area contributed by atoms with Crippen LogP contribution in [0.3, 0.4) is 0 Å². The van der Waals surface area contributed by atoms with E-state index in [-0.39, 0.29) is 24.8 Å². The molecule has 0 saturated carbocycles. The first-order valence-corrected chi connectivity index (χ1v) is 10.1. The van der Waals surface area contributed by atoms with Crippen molar-refractivity contribution in [2.75, 3.05) is 5.32 Å². The third-order valence-corrected chi connectivity index (χ3v) is 5.39. The average molecular weight is 426 g/mol. The standard InChI is InChI=1S/C25H19FN4O2/c26-19-6-4-16(5-7-19)21-12-24-23(11-18(21)14-31)28-22(13-25(32)29-24)17-2-1-3-20(10-17)30-9-8-27-15-30/h1-12,15,31H,13-14H2,(H,29,32). The van der Waals surface area contributed by atoms with Gasteiger partial charge in [0, 0.05) is 18.1 Å². The molecule has 3 aromatic carbocycles. The molecule has 158 valence electrons. The van der Waals surface area contributed by atoms with Crippen LogP contribution in [0.15, 0.2) is 84.4 Å². The fourth-order valence-electron chi connectivity index (χ4n) is 3.81. The van der Waals surface area contributed by atoms with Gasteiger partial charge in [0.2, 0.25) is 5.91 Å². The number of halogens is 1. The number of nitrogens with zero attached hydrogens (tertiary/aromatic N) is 3. The Morgan fingerprint density at radius 2 is 1.91 bits per heavy atom. The van der Waals surface area contributed by atoms with Crippen molar-refractivity contribution in [2.24, 2.45) is 4.99 Å². The van der Waals surface area contributed by atoms with E-state index in [9.17, 15) is 14.3 Å². The summed E-state index contributed by atoms with van der Waals surface area (Å²) in [6.45, 7) is -0.213. The van der Waals surface area contributed by atoms with Gasteiger partial charge in [-0.3, -0.25) is 9.79 Å². The molecule has 0 unspecified atom stereocenters. The second kappa shape index (κ2) is 8.20. The maximum atomic E-state index is 13.4. The Bertz CT molecular complexity index is 1330. The van der Waals surface area contributed by atoms with Crippen molar-refractivity contribution in [3.05, 3.63) is 96.3 Å². The van der Waals surface area contributed by atoms with Crippen molar-refractivity contribution in [3.8, 4) is 16.8 Å². The predicted octanol–water partition coefficient (Wildman–Crippen LogP) is 4.63. The molecule has 1 aliphatic heterocycles. The fourth-order valence-corrected chi connectivity index (χ4v) is 3.81. The Morgan fingerprint density at radius 1 is 1.06 bits per heavy atom. The number of anilines is 1. The third kappa shape index (κ3) is 3.81. The average Bonchev–Trinajstić information content (AvgIpc) is 3.29. The molecule has 1 aliphatic rings. The monoisotopic (exact) mass is 426 g/mol. The van der Waals surface area contributed by atoms with Gasteiger partial charge in [-0.2, -0.15) is 0 Å². The van der Waals surface area contributed by atoms with Gasteiger partial charge in [0.05, 0.1) is 36.4 Å². The zero-order valence-electron chi connectivity index (χ0n) is 17.0. The number of benzene rings is 3. The molecule has 4 aromatic rings. The quantitative estimate of drug-likeness (QED) is 0.499. The number of nitrogens with one attached hydrogen (secondary N) is 1. The van der Waals surface area contributed by atoms with Crippen LogP contribution >= 0.6 is 0 Å². The highest BCUT2D eigenvalue weighted by Gasteiger charge is 2.20. The minimum absolute atomic E-state index is 0.113.